The molecule has 0 bridgehead atoms. The molecular formula is C24H23FN4O6S2. The number of β-lactam (4-membered cyclic amide) rings is 1. The van der Waals surface area contributed by atoms with Crippen LogP contribution >= 0.6 is 23.1 Å². The molecule has 2 aliphatic heterocycles. The molecule has 5 rings (SSSR count). The Morgan fingerprint density at radius 3 is 2.76 bits per heavy atom. The fourth-order valence-corrected chi connectivity index (χ4v) is 6.99. The van der Waals surface area contributed by atoms with E-state index in [4.69, 9.17) is 4.74 Å². The maximum absolute atomic E-state index is 13.4. The summed E-state index contributed by atoms with van der Waals surface area (Å²) < 4.78 is 20.1. The number of carbonyl (C=O) groups excluding carboxylic acids is 2. The number of thioether (sulfide) groups is 1. The van der Waals surface area contributed by atoms with Crippen molar-refractivity contribution in [2.24, 2.45) is 11.8 Å². The van der Waals surface area contributed by atoms with E-state index in [0.29, 0.717) is 16.2 Å². The van der Waals surface area contributed by atoms with Crippen LogP contribution in [0.4, 0.5) is 10.1 Å². The van der Waals surface area contributed by atoms with Crippen molar-refractivity contribution in [1.29, 1.82) is 0 Å². The zero-order valence-corrected chi connectivity index (χ0v) is 21.5. The summed E-state index contributed by atoms with van der Waals surface area (Å²) in [5, 5.41) is 21.8. The Labute approximate surface area is 218 Å². The molecule has 1 amide bonds. The van der Waals surface area contributed by atoms with E-state index in [1.165, 1.54) is 52.3 Å². The van der Waals surface area contributed by atoms with Crippen LogP contribution < -0.4 is 0 Å². The number of aliphatic hydroxyl groups is 1. The van der Waals surface area contributed by atoms with E-state index in [0.717, 1.165) is 9.71 Å². The number of rotatable bonds is 9. The number of esters is 1. The van der Waals surface area contributed by atoms with Gasteiger partial charge >= 0.3 is 5.97 Å². The van der Waals surface area contributed by atoms with Crippen LogP contribution in [-0.2, 0) is 20.9 Å². The summed E-state index contributed by atoms with van der Waals surface area (Å²) in [6.07, 6.45) is 2.58. The Morgan fingerprint density at radius 2 is 2.11 bits per heavy atom. The molecule has 13 heteroatoms. The molecule has 1 N–H and O–H groups in total. The number of aromatic nitrogens is 2. The van der Waals surface area contributed by atoms with E-state index in [-0.39, 0.29) is 41.6 Å². The minimum atomic E-state index is -0.875. The first kappa shape index (κ1) is 25.4. The largest absolute Gasteiger partial charge is 0.456 e. The Hall–Kier alpha value is -3.29. The van der Waals surface area contributed by atoms with Crippen molar-refractivity contribution in [3.63, 3.8) is 0 Å². The summed E-state index contributed by atoms with van der Waals surface area (Å²) in [5.41, 5.74) is 1.27. The van der Waals surface area contributed by atoms with Crippen LogP contribution in [0.1, 0.15) is 24.3 Å². The third kappa shape index (κ3) is 4.30. The SMILES string of the molecule is C[C@@H](O)[C@H]1C(=O)N2C(C(=O)OCc3ccc([N+](=O)[O-])cc3)=C(c3cn4cnc(SCCF)c4s3)[C@H](C)[C@H]12. The molecule has 0 spiro atoms. The van der Waals surface area contributed by atoms with E-state index in [1.54, 1.807) is 13.3 Å². The van der Waals surface area contributed by atoms with Gasteiger partial charge in [-0.1, -0.05) is 6.92 Å². The van der Waals surface area contributed by atoms with Crippen LogP contribution in [0.25, 0.3) is 10.4 Å². The average molecular weight is 547 g/mol. The Morgan fingerprint density at radius 1 is 1.38 bits per heavy atom. The maximum Gasteiger partial charge on any atom is 0.355 e. The molecule has 1 saturated heterocycles. The number of non-ortho nitro benzene ring substituents is 1. The molecule has 1 fully saturated rings. The van der Waals surface area contributed by atoms with Crippen LogP contribution in [0.5, 0.6) is 0 Å². The van der Waals surface area contributed by atoms with Crippen LogP contribution in [0.15, 0.2) is 47.5 Å². The first-order chi connectivity index (χ1) is 17.7. The van der Waals surface area contributed by atoms with Crippen LogP contribution in [0.3, 0.4) is 0 Å². The van der Waals surface area contributed by atoms with Crippen molar-refractivity contribution in [1.82, 2.24) is 14.3 Å². The molecule has 1 aromatic carbocycles. The van der Waals surface area contributed by atoms with Crippen LogP contribution in [0, 0.1) is 22.0 Å². The van der Waals surface area contributed by atoms with Gasteiger partial charge in [0.2, 0.25) is 5.91 Å². The quantitative estimate of drug-likeness (QED) is 0.142. The highest BCUT2D eigenvalue weighted by molar-refractivity contribution is 7.99. The van der Waals surface area contributed by atoms with E-state index in [9.17, 15) is 29.2 Å². The number of amides is 1. The van der Waals surface area contributed by atoms with Gasteiger partial charge < -0.3 is 14.7 Å². The number of aliphatic hydroxyl groups excluding tert-OH is 1. The number of hydrogen-bond donors (Lipinski definition) is 1. The highest BCUT2D eigenvalue weighted by atomic mass is 32.2. The van der Waals surface area contributed by atoms with Gasteiger partial charge in [0.05, 0.1) is 34.5 Å². The predicted octanol–water partition coefficient (Wildman–Crippen LogP) is 3.68. The van der Waals surface area contributed by atoms with Gasteiger partial charge in [-0.15, -0.1) is 23.1 Å². The molecule has 0 saturated carbocycles. The molecular weight excluding hydrogens is 523 g/mol. The van der Waals surface area contributed by atoms with E-state index >= 15 is 0 Å². The summed E-state index contributed by atoms with van der Waals surface area (Å²) in [7, 11) is 0. The average Bonchev–Trinajstić information content (AvgIpc) is 3.51. The van der Waals surface area contributed by atoms with Gasteiger partial charge in [-0.3, -0.25) is 23.7 Å². The number of carbonyl (C=O) groups is 2. The Kier molecular flexibility index (Phi) is 6.77. The number of hydrogen-bond acceptors (Lipinski definition) is 9. The molecule has 0 aliphatic carbocycles. The third-order valence-corrected chi connectivity index (χ3v) is 8.85. The third-order valence-electron chi connectivity index (χ3n) is 6.64. The second kappa shape index (κ2) is 9.88. The molecule has 0 radical (unpaired) electrons. The topological polar surface area (TPSA) is 127 Å². The highest BCUT2D eigenvalue weighted by Crippen LogP contribution is 2.52. The van der Waals surface area contributed by atoms with Crippen molar-refractivity contribution in [2.75, 3.05) is 12.4 Å². The molecule has 3 aromatic rings. The molecule has 2 aliphatic rings. The molecule has 0 unspecified atom stereocenters. The normalized spacial score (nSPS) is 21.8. The highest BCUT2D eigenvalue weighted by Gasteiger charge is 2.60. The zero-order valence-electron chi connectivity index (χ0n) is 19.9. The van der Waals surface area contributed by atoms with Gasteiger partial charge in [0.1, 0.15) is 28.5 Å². The number of ether oxygens (including phenoxy) is 1. The van der Waals surface area contributed by atoms with Crippen molar-refractivity contribution in [3.05, 3.63) is 63.0 Å². The van der Waals surface area contributed by atoms with Gasteiger partial charge in [0.25, 0.3) is 5.69 Å². The number of nitro benzene ring substituents is 1. The molecule has 10 nitrogen and oxygen atoms in total. The fourth-order valence-electron chi connectivity index (χ4n) is 4.95. The van der Waals surface area contributed by atoms with Crippen molar-refractivity contribution < 1.29 is 28.7 Å². The minimum absolute atomic E-state index is 0.0736. The first-order valence-electron chi connectivity index (χ1n) is 11.5. The number of imidazole rings is 1. The molecule has 4 heterocycles. The number of alkyl halides is 1. The summed E-state index contributed by atoms with van der Waals surface area (Å²) in [6.45, 7) is 2.87. The minimum Gasteiger partial charge on any atom is -0.456 e. The first-order valence-corrected chi connectivity index (χ1v) is 13.3. The molecule has 2 aromatic heterocycles. The summed E-state index contributed by atoms with van der Waals surface area (Å²) >= 11 is 2.69. The maximum atomic E-state index is 13.4. The Bertz CT molecular complexity index is 1420. The predicted molar refractivity (Wildman–Crippen MR) is 135 cm³/mol. The number of thiazole rings is 1. The van der Waals surface area contributed by atoms with Gasteiger partial charge in [-0.25, -0.2) is 9.78 Å². The lowest BCUT2D eigenvalue weighted by Crippen LogP contribution is -2.63. The van der Waals surface area contributed by atoms with Crippen molar-refractivity contribution in [3.8, 4) is 0 Å². The van der Waals surface area contributed by atoms with E-state index < -0.39 is 29.6 Å². The van der Waals surface area contributed by atoms with Crippen molar-refractivity contribution in [2.45, 2.75) is 37.6 Å². The standard InChI is InChI=1S/C24H23FN4O6S2/c1-12-17(16-9-27-11-26-21(23(27)37-16)36-8-7-25)20(28-19(12)18(13(2)30)22(28)31)24(32)35-10-14-3-5-15(6-4-14)29(33)34/h3-6,9,11-13,18-19,30H,7-8,10H2,1-2H3/t12-,13+,18+,19+/m0/s1. The number of benzene rings is 1. The molecule has 37 heavy (non-hydrogen) atoms. The summed E-state index contributed by atoms with van der Waals surface area (Å²) in [4.78, 5) is 44.1. The number of nitrogens with zero attached hydrogens (tertiary/aromatic N) is 4. The van der Waals surface area contributed by atoms with Gasteiger partial charge in [0, 0.05) is 35.6 Å². The van der Waals surface area contributed by atoms with Crippen molar-refractivity contribution >= 4 is 51.1 Å². The summed E-state index contributed by atoms with van der Waals surface area (Å²) in [5.74, 6) is -1.64. The van der Waals surface area contributed by atoms with Crippen LogP contribution in [-0.4, -0.2) is 60.8 Å². The van der Waals surface area contributed by atoms with Crippen LogP contribution in [0.2, 0.25) is 0 Å². The smallest absolute Gasteiger partial charge is 0.355 e. The van der Waals surface area contributed by atoms with E-state index in [2.05, 4.69) is 4.98 Å². The Balaban J connectivity index is 1.48. The fraction of sp³-hybridized carbons (Fsp3) is 0.375. The van der Waals surface area contributed by atoms with Gasteiger partial charge in [0.15, 0.2) is 0 Å². The summed E-state index contributed by atoms with van der Waals surface area (Å²) in [6, 6.07) is 5.28. The van der Waals surface area contributed by atoms with Gasteiger partial charge in [-0.2, -0.15) is 0 Å². The zero-order chi connectivity index (χ0) is 26.4. The van der Waals surface area contributed by atoms with Gasteiger partial charge in [-0.05, 0) is 24.6 Å². The number of fused-ring (bicyclic) bond motifs is 2. The second-order valence-electron chi connectivity index (χ2n) is 8.91. The monoisotopic (exact) mass is 546 g/mol. The lowest BCUT2D eigenvalue weighted by atomic mass is 9.77. The second-order valence-corrected chi connectivity index (χ2v) is 11.0. The lowest BCUT2D eigenvalue weighted by Gasteiger charge is -2.46. The van der Waals surface area contributed by atoms with E-state index in [1.807, 2.05) is 17.5 Å². The molecule has 4 atom stereocenters. The molecule has 194 valence electrons. The number of halogens is 1. The number of nitro groups is 1. The lowest BCUT2D eigenvalue weighted by molar-refractivity contribution is -0.384.